The van der Waals surface area contributed by atoms with Crippen molar-refractivity contribution in [3.8, 4) is 0 Å². The molecule has 3 rings (SSSR count). The molecule has 2 heterocycles. The highest BCUT2D eigenvalue weighted by Crippen LogP contribution is 2.32. The molecule has 2 aromatic rings. The van der Waals surface area contributed by atoms with E-state index in [9.17, 15) is 18.0 Å². The number of halogens is 3. The number of rotatable bonds is 3. The number of para-hydroxylation sites is 1. The molecule has 1 aromatic heterocycles. The fourth-order valence-electron chi connectivity index (χ4n) is 2.91. The maximum Gasteiger partial charge on any atom is 0.417 e. The summed E-state index contributed by atoms with van der Waals surface area (Å²) in [5.74, 6) is 0.0724. The van der Waals surface area contributed by atoms with E-state index < -0.39 is 11.7 Å². The lowest BCUT2D eigenvalue weighted by Gasteiger charge is -2.35. The van der Waals surface area contributed by atoms with Gasteiger partial charge in [0.15, 0.2) is 0 Å². The Balaban J connectivity index is 1.69. The number of anilines is 1. The van der Waals surface area contributed by atoms with Crippen LogP contribution in [-0.4, -0.2) is 22.7 Å². The highest BCUT2D eigenvalue weighted by molar-refractivity contribution is 7.99. The minimum Gasteiger partial charge on any atom is -0.309 e. The molecular formula is C18H17F3N2OS. The Bertz CT molecular complexity index is 762. The fraction of sp³-hybridized carbons (Fsp3) is 0.333. The topological polar surface area (TPSA) is 33.2 Å². The monoisotopic (exact) mass is 366 g/mol. The van der Waals surface area contributed by atoms with Crippen molar-refractivity contribution in [2.45, 2.75) is 37.0 Å². The second-order valence-electron chi connectivity index (χ2n) is 5.95. The van der Waals surface area contributed by atoms with Gasteiger partial charge in [-0.15, -0.1) is 0 Å². The van der Waals surface area contributed by atoms with Crippen LogP contribution in [-0.2, 0) is 17.4 Å². The molecule has 25 heavy (non-hydrogen) atoms. The van der Waals surface area contributed by atoms with E-state index in [0.29, 0.717) is 5.03 Å². The van der Waals surface area contributed by atoms with Crippen molar-refractivity contribution in [2.75, 3.05) is 10.7 Å². The Morgan fingerprint density at radius 2 is 2.04 bits per heavy atom. The molecule has 0 saturated carbocycles. The van der Waals surface area contributed by atoms with Gasteiger partial charge < -0.3 is 4.90 Å². The van der Waals surface area contributed by atoms with Gasteiger partial charge in [0.25, 0.3) is 0 Å². The Labute approximate surface area is 148 Å². The average Bonchev–Trinajstić information content (AvgIpc) is 2.59. The van der Waals surface area contributed by atoms with Gasteiger partial charge in [0.05, 0.1) is 16.3 Å². The number of hydrogen-bond acceptors (Lipinski definition) is 3. The summed E-state index contributed by atoms with van der Waals surface area (Å²) in [7, 11) is 0. The van der Waals surface area contributed by atoms with Crippen LogP contribution < -0.4 is 4.90 Å². The molecule has 7 heteroatoms. The lowest BCUT2D eigenvalue weighted by atomic mass is 9.97. The first kappa shape index (κ1) is 17.8. The van der Waals surface area contributed by atoms with Crippen LogP contribution in [0.2, 0.25) is 0 Å². The van der Waals surface area contributed by atoms with Gasteiger partial charge in [-0.25, -0.2) is 4.98 Å². The summed E-state index contributed by atoms with van der Waals surface area (Å²) in [6, 6.07) is 10.2. The van der Waals surface area contributed by atoms with Crippen LogP contribution >= 0.6 is 11.8 Å². The molecule has 3 nitrogen and oxygen atoms in total. The summed E-state index contributed by atoms with van der Waals surface area (Å²) < 4.78 is 37.7. The summed E-state index contributed by atoms with van der Waals surface area (Å²) in [5.41, 5.74) is 1.28. The molecule has 1 aromatic carbocycles. The van der Waals surface area contributed by atoms with Gasteiger partial charge in [0.1, 0.15) is 0 Å². The van der Waals surface area contributed by atoms with Crippen molar-refractivity contribution >= 4 is 23.4 Å². The third kappa shape index (κ3) is 3.98. The summed E-state index contributed by atoms with van der Waals surface area (Å²) in [6.45, 7) is 2.01. The second kappa shape index (κ2) is 7.07. The van der Waals surface area contributed by atoms with Gasteiger partial charge in [0.2, 0.25) is 5.91 Å². The maximum absolute atomic E-state index is 12.7. The van der Waals surface area contributed by atoms with Gasteiger partial charge in [-0.3, -0.25) is 4.79 Å². The number of pyridine rings is 1. The molecule has 0 radical (unpaired) electrons. The number of benzene rings is 1. The minimum absolute atomic E-state index is 0.0636. The van der Waals surface area contributed by atoms with Crippen molar-refractivity contribution in [1.29, 1.82) is 0 Å². The van der Waals surface area contributed by atoms with E-state index in [-0.39, 0.29) is 17.7 Å². The predicted octanol–water partition coefficient (Wildman–Crippen LogP) is 4.56. The number of hydrogen-bond donors (Lipinski definition) is 0. The van der Waals surface area contributed by atoms with Crippen LogP contribution in [0.5, 0.6) is 0 Å². The molecule has 1 aliphatic rings. The van der Waals surface area contributed by atoms with E-state index in [4.69, 9.17) is 0 Å². The largest absolute Gasteiger partial charge is 0.417 e. The van der Waals surface area contributed by atoms with Gasteiger partial charge in [-0.05, 0) is 43.5 Å². The summed E-state index contributed by atoms with van der Waals surface area (Å²) >= 11 is 1.15. The maximum atomic E-state index is 12.7. The van der Waals surface area contributed by atoms with Gasteiger partial charge in [-0.1, -0.05) is 30.0 Å². The highest BCUT2D eigenvalue weighted by Gasteiger charge is 2.31. The number of alkyl halides is 3. The quantitative estimate of drug-likeness (QED) is 0.747. The number of aromatic nitrogens is 1. The molecular weight excluding hydrogens is 349 g/mol. The lowest BCUT2D eigenvalue weighted by Crippen LogP contribution is -2.43. The summed E-state index contributed by atoms with van der Waals surface area (Å²) in [4.78, 5) is 18.3. The molecule has 1 amide bonds. The molecule has 0 bridgehead atoms. The number of fused-ring (bicyclic) bond motifs is 1. The summed E-state index contributed by atoms with van der Waals surface area (Å²) in [5, 5.41) is 0.402. The normalized spacial score (nSPS) is 17.3. The first-order chi connectivity index (χ1) is 11.9. The minimum atomic E-state index is -4.40. The highest BCUT2D eigenvalue weighted by atomic mass is 32.2. The number of carbonyl (C=O) groups is 1. The van der Waals surface area contributed by atoms with E-state index in [0.717, 1.165) is 48.1 Å². The van der Waals surface area contributed by atoms with Crippen LogP contribution in [0.4, 0.5) is 18.9 Å². The molecule has 0 fully saturated rings. The van der Waals surface area contributed by atoms with Gasteiger partial charge in [-0.2, -0.15) is 13.2 Å². The zero-order valence-electron chi connectivity index (χ0n) is 13.6. The van der Waals surface area contributed by atoms with E-state index >= 15 is 0 Å². The van der Waals surface area contributed by atoms with Crippen molar-refractivity contribution in [3.05, 3.63) is 53.7 Å². The number of nitrogens with zero attached hydrogens (tertiary/aromatic N) is 2. The Morgan fingerprint density at radius 3 is 2.72 bits per heavy atom. The Kier molecular flexibility index (Phi) is 5.03. The average molecular weight is 366 g/mol. The van der Waals surface area contributed by atoms with Crippen LogP contribution in [0.25, 0.3) is 0 Å². The Hall–Kier alpha value is -2.02. The van der Waals surface area contributed by atoms with E-state index in [1.54, 1.807) is 4.90 Å². The third-order valence-corrected chi connectivity index (χ3v) is 5.13. The molecule has 1 atom stereocenters. The molecule has 0 unspecified atom stereocenters. The molecule has 0 saturated heterocycles. The third-order valence-electron chi connectivity index (χ3n) is 4.20. The summed E-state index contributed by atoms with van der Waals surface area (Å²) in [6.07, 6.45) is -1.77. The fourth-order valence-corrected chi connectivity index (χ4v) is 3.61. The Morgan fingerprint density at radius 1 is 1.28 bits per heavy atom. The van der Waals surface area contributed by atoms with E-state index in [2.05, 4.69) is 4.98 Å². The number of thioether (sulfide) groups is 1. The number of carbonyl (C=O) groups excluding carboxylic acids is 1. The second-order valence-corrected chi connectivity index (χ2v) is 6.95. The number of amides is 1. The van der Waals surface area contributed by atoms with Crippen LogP contribution in [0, 0.1) is 0 Å². The SMILES string of the molecule is C[C@H]1CCc2ccccc2N1C(=O)CSc1ccc(C(F)(F)F)cn1. The van der Waals surface area contributed by atoms with E-state index in [1.807, 2.05) is 31.2 Å². The van der Waals surface area contributed by atoms with Crippen molar-refractivity contribution < 1.29 is 18.0 Å². The van der Waals surface area contributed by atoms with E-state index in [1.165, 1.54) is 6.07 Å². The van der Waals surface area contributed by atoms with Crippen molar-refractivity contribution in [1.82, 2.24) is 4.98 Å². The molecule has 0 spiro atoms. The zero-order valence-corrected chi connectivity index (χ0v) is 14.4. The molecule has 0 aliphatic carbocycles. The van der Waals surface area contributed by atoms with Gasteiger partial charge in [0, 0.05) is 17.9 Å². The van der Waals surface area contributed by atoms with Crippen molar-refractivity contribution in [3.63, 3.8) is 0 Å². The van der Waals surface area contributed by atoms with Crippen LogP contribution in [0.3, 0.4) is 0 Å². The predicted molar refractivity (Wildman–Crippen MR) is 91.7 cm³/mol. The first-order valence-corrected chi connectivity index (χ1v) is 8.91. The first-order valence-electron chi connectivity index (χ1n) is 7.92. The number of aryl methyl sites for hydroxylation is 1. The zero-order chi connectivity index (χ0) is 18.0. The molecule has 1 aliphatic heterocycles. The standard InChI is InChI=1S/C18H17F3N2OS/c1-12-6-7-13-4-2-3-5-15(13)23(12)17(24)11-25-16-9-8-14(10-22-16)18(19,20)21/h2-5,8-10,12H,6-7,11H2,1H3/t12-/m0/s1. The molecule has 0 N–H and O–H groups in total. The van der Waals surface area contributed by atoms with Crippen LogP contribution in [0.15, 0.2) is 47.6 Å². The van der Waals surface area contributed by atoms with Crippen molar-refractivity contribution in [2.24, 2.45) is 0 Å². The van der Waals surface area contributed by atoms with Crippen LogP contribution in [0.1, 0.15) is 24.5 Å². The molecule has 132 valence electrons. The lowest BCUT2D eigenvalue weighted by molar-refractivity contribution is -0.137. The van der Waals surface area contributed by atoms with Gasteiger partial charge >= 0.3 is 6.18 Å². The smallest absolute Gasteiger partial charge is 0.309 e.